The third-order valence-corrected chi connectivity index (χ3v) is 3.43. The molecule has 1 aliphatic heterocycles. The molecule has 94 valence electrons. The first-order valence-corrected chi connectivity index (χ1v) is 6.97. The van der Waals surface area contributed by atoms with Gasteiger partial charge < -0.3 is 4.74 Å². The number of esters is 1. The lowest BCUT2D eigenvalue weighted by molar-refractivity contribution is -0.148. The van der Waals surface area contributed by atoms with Gasteiger partial charge in [-0.25, -0.2) is 0 Å². The molecule has 0 aromatic rings. The highest BCUT2D eigenvalue weighted by molar-refractivity contribution is 5.71. The second-order valence-electron chi connectivity index (χ2n) is 5.04. The molecule has 1 rings (SSSR count). The lowest BCUT2D eigenvalue weighted by Gasteiger charge is -2.12. The molecule has 0 bridgehead atoms. The highest BCUT2D eigenvalue weighted by Gasteiger charge is 2.13. The Kier molecular flexibility index (Phi) is 7.28. The van der Waals surface area contributed by atoms with Gasteiger partial charge in [-0.2, -0.15) is 0 Å². The minimum Gasteiger partial charge on any atom is -0.465 e. The molecule has 0 amide bonds. The van der Waals surface area contributed by atoms with Gasteiger partial charge in [0.15, 0.2) is 0 Å². The molecule has 0 saturated carbocycles. The van der Waals surface area contributed by atoms with Crippen LogP contribution in [0.25, 0.3) is 0 Å². The minimum atomic E-state index is 0.0112. The largest absolute Gasteiger partial charge is 0.465 e. The fourth-order valence-electron chi connectivity index (χ4n) is 2.22. The van der Waals surface area contributed by atoms with E-state index in [4.69, 9.17) is 4.74 Å². The standard InChI is InChI=1S/C14H26O2/c1-13-11-9-7-5-3-2-4-6-8-10-12-16-14(13)15/h13H,2-12H2,1H3. The van der Waals surface area contributed by atoms with E-state index in [0.29, 0.717) is 6.61 Å². The smallest absolute Gasteiger partial charge is 0.308 e. The second kappa shape index (κ2) is 8.60. The quantitative estimate of drug-likeness (QED) is 0.582. The van der Waals surface area contributed by atoms with Crippen molar-refractivity contribution in [3.63, 3.8) is 0 Å². The molecule has 2 heteroatoms. The van der Waals surface area contributed by atoms with Crippen LogP contribution in [0.2, 0.25) is 0 Å². The Morgan fingerprint density at radius 1 is 0.875 bits per heavy atom. The number of rotatable bonds is 0. The average Bonchev–Trinajstić information content (AvgIpc) is 2.29. The van der Waals surface area contributed by atoms with Crippen molar-refractivity contribution in [1.82, 2.24) is 0 Å². The zero-order chi connectivity index (χ0) is 11.6. The molecule has 0 N–H and O–H groups in total. The van der Waals surface area contributed by atoms with Crippen LogP contribution in [0.5, 0.6) is 0 Å². The molecule has 2 nitrogen and oxygen atoms in total. The second-order valence-corrected chi connectivity index (χ2v) is 5.04. The van der Waals surface area contributed by atoms with Crippen LogP contribution in [-0.4, -0.2) is 12.6 Å². The Hall–Kier alpha value is -0.530. The van der Waals surface area contributed by atoms with Crippen LogP contribution in [-0.2, 0) is 9.53 Å². The Bertz CT molecular complexity index is 189. The Morgan fingerprint density at radius 2 is 1.38 bits per heavy atom. The zero-order valence-electron chi connectivity index (χ0n) is 10.7. The Morgan fingerprint density at radius 3 is 2.00 bits per heavy atom. The highest BCUT2D eigenvalue weighted by Crippen LogP contribution is 2.15. The van der Waals surface area contributed by atoms with Gasteiger partial charge in [0, 0.05) is 0 Å². The van der Waals surface area contributed by atoms with Crippen LogP contribution in [0.15, 0.2) is 0 Å². The summed E-state index contributed by atoms with van der Waals surface area (Å²) in [5.41, 5.74) is 0. The topological polar surface area (TPSA) is 26.3 Å². The number of ether oxygens (including phenoxy) is 1. The molecule has 0 aromatic heterocycles. The third-order valence-electron chi connectivity index (χ3n) is 3.43. The Balaban J connectivity index is 2.24. The van der Waals surface area contributed by atoms with Crippen molar-refractivity contribution in [2.24, 2.45) is 5.92 Å². The van der Waals surface area contributed by atoms with Gasteiger partial charge in [-0.15, -0.1) is 0 Å². The summed E-state index contributed by atoms with van der Waals surface area (Å²) in [4.78, 5) is 11.6. The molecular formula is C14H26O2. The lowest BCUT2D eigenvalue weighted by atomic mass is 10.0. The van der Waals surface area contributed by atoms with Crippen LogP contribution in [0.4, 0.5) is 0 Å². The van der Waals surface area contributed by atoms with E-state index in [1.165, 1.54) is 51.4 Å². The van der Waals surface area contributed by atoms with Crippen LogP contribution < -0.4 is 0 Å². The van der Waals surface area contributed by atoms with Gasteiger partial charge in [-0.05, 0) is 12.8 Å². The van der Waals surface area contributed by atoms with Gasteiger partial charge >= 0.3 is 5.97 Å². The van der Waals surface area contributed by atoms with E-state index >= 15 is 0 Å². The predicted octanol–water partition coefficient (Wildman–Crippen LogP) is 4.08. The summed E-state index contributed by atoms with van der Waals surface area (Å²) in [5, 5.41) is 0. The summed E-state index contributed by atoms with van der Waals surface area (Å²) in [5.74, 6) is 0.111. The summed E-state index contributed by atoms with van der Waals surface area (Å²) in [7, 11) is 0. The van der Waals surface area contributed by atoms with E-state index in [2.05, 4.69) is 0 Å². The molecule has 1 atom stereocenters. The summed E-state index contributed by atoms with van der Waals surface area (Å²) < 4.78 is 5.26. The molecule has 0 radical (unpaired) electrons. The Labute approximate surface area is 99.8 Å². The molecular weight excluding hydrogens is 200 g/mol. The highest BCUT2D eigenvalue weighted by atomic mass is 16.5. The molecule has 0 aromatic carbocycles. The lowest BCUT2D eigenvalue weighted by Crippen LogP contribution is -2.15. The number of carbonyl (C=O) groups excluding carboxylic acids is 1. The fourth-order valence-corrected chi connectivity index (χ4v) is 2.22. The van der Waals surface area contributed by atoms with Crippen LogP contribution >= 0.6 is 0 Å². The van der Waals surface area contributed by atoms with Crippen molar-refractivity contribution in [3.8, 4) is 0 Å². The number of cyclic esters (lactones) is 1. The third kappa shape index (κ3) is 6.14. The maximum atomic E-state index is 11.6. The number of hydrogen-bond acceptors (Lipinski definition) is 2. The summed E-state index contributed by atoms with van der Waals surface area (Å²) in [6, 6.07) is 0. The summed E-state index contributed by atoms with van der Waals surface area (Å²) in [6.45, 7) is 2.62. The normalized spacial score (nSPS) is 26.8. The average molecular weight is 226 g/mol. The van der Waals surface area contributed by atoms with Crippen molar-refractivity contribution in [1.29, 1.82) is 0 Å². The molecule has 1 unspecified atom stereocenters. The monoisotopic (exact) mass is 226 g/mol. The molecule has 1 aliphatic rings. The number of hydrogen-bond donors (Lipinski definition) is 0. The van der Waals surface area contributed by atoms with Gasteiger partial charge in [0.25, 0.3) is 0 Å². The van der Waals surface area contributed by atoms with Gasteiger partial charge in [0.05, 0.1) is 12.5 Å². The number of carbonyl (C=O) groups is 1. The minimum absolute atomic E-state index is 0.0112. The van der Waals surface area contributed by atoms with Crippen molar-refractivity contribution >= 4 is 5.97 Å². The van der Waals surface area contributed by atoms with E-state index in [1.54, 1.807) is 0 Å². The van der Waals surface area contributed by atoms with E-state index in [0.717, 1.165) is 12.8 Å². The molecule has 0 aliphatic carbocycles. The molecule has 1 heterocycles. The SMILES string of the molecule is CC1CCCCCCCCCCCOC1=O. The van der Waals surface area contributed by atoms with Crippen molar-refractivity contribution in [2.45, 2.75) is 71.1 Å². The molecule has 16 heavy (non-hydrogen) atoms. The van der Waals surface area contributed by atoms with E-state index < -0.39 is 0 Å². The first-order valence-electron chi connectivity index (χ1n) is 6.97. The van der Waals surface area contributed by atoms with Gasteiger partial charge in [-0.3, -0.25) is 4.79 Å². The maximum Gasteiger partial charge on any atom is 0.308 e. The van der Waals surface area contributed by atoms with Gasteiger partial charge in [0.1, 0.15) is 0 Å². The predicted molar refractivity (Wildman–Crippen MR) is 66.3 cm³/mol. The summed E-state index contributed by atoms with van der Waals surface area (Å²) in [6.07, 6.45) is 12.4. The van der Waals surface area contributed by atoms with E-state index in [9.17, 15) is 4.79 Å². The van der Waals surface area contributed by atoms with Crippen LogP contribution in [0.1, 0.15) is 71.1 Å². The van der Waals surface area contributed by atoms with Crippen molar-refractivity contribution in [3.05, 3.63) is 0 Å². The molecule has 1 saturated heterocycles. The first-order chi connectivity index (χ1) is 7.80. The van der Waals surface area contributed by atoms with Gasteiger partial charge in [0.2, 0.25) is 0 Å². The maximum absolute atomic E-state index is 11.6. The summed E-state index contributed by atoms with van der Waals surface area (Å²) >= 11 is 0. The molecule has 1 fully saturated rings. The van der Waals surface area contributed by atoms with Gasteiger partial charge in [-0.1, -0.05) is 58.3 Å². The van der Waals surface area contributed by atoms with E-state index in [-0.39, 0.29) is 11.9 Å². The van der Waals surface area contributed by atoms with E-state index in [1.807, 2.05) is 6.92 Å². The van der Waals surface area contributed by atoms with Crippen molar-refractivity contribution in [2.75, 3.05) is 6.61 Å². The van der Waals surface area contributed by atoms with Crippen LogP contribution in [0, 0.1) is 5.92 Å². The van der Waals surface area contributed by atoms with Crippen molar-refractivity contribution < 1.29 is 9.53 Å². The molecule has 0 spiro atoms. The zero-order valence-corrected chi connectivity index (χ0v) is 10.7. The fraction of sp³-hybridized carbons (Fsp3) is 0.929. The van der Waals surface area contributed by atoms with Crippen LogP contribution in [0.3, 0.4) is 0 Å². The first kappa shape index (κ1) is 13.5.